The number of benzene rings is 3. The van der Waals surface area contributed by atoms with Crippen LogP contribution >= 0.6 is 0 Å². The highest BCUT2D eigenvalue weighted by atomic mass is 19.1. The predicted molar refractivity (Wildman–Crippen MR) is 147 cm³/mol. The number of nitrogens with zero attached hydrogens (tertiary/aromatic N) is 2. The maximum Gasteiger partial charge on any atom is 0.255 e. The lowest BCUT2D eigenvalue weighted by Crippen LogP contribution is -2.47. The van der Waals surface area contributed by atoms with Crippen LogP contribution in [0.3, 0.4) is 0 Å². The van der Waals surface area contributed by atoms with E-state index in [-0.39, 0.29) is 24.2 Å². The number of methoxy groups -OCH3 is 1. The summed E-state index contributed by atoms with van der Waals surface area (Å²) in [5.41, 5.74) is 2.85. The van der Waals surface area contributed by atoms with Crippen LogP contribution < -0.4 is 10.1 Å². The molecule has 0 radical (unpaired) electrons. The molecule has 0 saturated heterocycles. The van der Waals surface area contributed by atoms with Crippen molar-refractivity contribution in [1.29, 1.82) is 0 Å². The van der Waals surface area contributed by atoms with E-state index < -0.39 is 12.0 Å². The van der Waals surface area contributed by atoms with Crippen molar-refractivity contribution in [2.75, 3.05) is 33.3 Å². The SMILES string of the molecule is CCN(CC)CCCNC(=O)C1c2ccccc2C(=O)N(Cc2ccc(F)cc2)C1c1ccc(OC)cc1. The van der Waals surface area contributed by atoms with Crippen molar-refractivity contribution in [2.45, 2.75) is 38.8 Å². The van der Waals surface area contributed by atoms with Gasteiger partial charge in [0.1, 0.15) is 11.6 Å². The molecule has 6 nitrogen and oxygen atoms in total. The number of hydrogen-bond donors (Lipinski definition) is 1. The first-order valence-electron chi connectivity index (χ1n) is 13.2. The Morgan fingerprint density at radius 1 is 1.00 bits per heavy atom. The summed E-state index contributed by atoms with van der Waals surface area (Å²) in [6, 6.07) is 20.4. The summed E-state index contributed by atoms with van der Waals surface area (Å²) in [7, 11) is 1.60. The normalized spacial score (nSPS) is 16.9. The molecule has 2 unspecified atom stereocenters. The topological polar surface area (TPSA) is 61.9 Å². The van der Waals surface area contributed by atoms with Gasteiger partial charge >= 0.3 is 0 Å². The quantitative estimate of drug-likeness (QED) is 0.357. The Balaban J connectivity index is 1.71. The molecule has 200 valence electrons. The molecule has 38 heavy (non-hydrogen) atoms. The first kappa shape index (κ1) is 27.3. The maximum atomic E-state index is 13.9. The summed E-state index contributed by atoms with van der Waals surface area (Å²) < 4.78 is 19.0. The Kier molecular flexibility index (Phi) is 9.13. The molecule has 3 aromatic carbocycles. The fourth-order valence-corrected chi connectivity index (χ4v) is 5.17. The molecule has 0 spiro atoms. The highest BCUT2D eigenvalue weighted by Gasteiger charge is 2.44. The maximum absolute atomic E-state index is 13.9. The highest BCUT2D eigenvalue weighted by molar-refractivity contribution is 6.01. The average molecular weight is 518 g/mol. The summed E-state index contributed by atoms with van der Waals surface area (Å²) in [6.45, 7) is 7.91. The van der Waals surface area contributed by atoms with Crippen LogP contribution in [0.15, 0.2) is 72.8 Å². The predicted octanol–water partition coefficient (Wildman–Crippen LogP) is 5.16. The van der Waals surface area contributed by atoms with Crippen molar-refractivity contribution in [3.05, 3.63) is 101 Å². The Morgan fingerprint density at radius 3 is 2.34 bits per heavy atom. The smallest absolute Gasteiger partial charge is 0.255 e. The Labute approximate surface area is 224 Å². The van der Waals surface area contributed by atoms with E-state index in [4.69, 9.17) is 4.74 Å². The van der Waals surface area contributed by atoms with Gasteiger partial charge in [0.25, 0.3) is 5.91 Å². The lowest BCUT2D eigenvalue weighted by molar-refractivity contribution is -0.124. The van der Waals surface area contributed by atoms with Crippen LogP contribution in [0, 0.1) is 5.82 Å². The Hall–Kier alpha value is -3.71. The molecular formula is C31H36FN3O3. The van der Waals surface area contributed by atoms with Crippen molar-refractivity contribution in [3.8, 4) is 5.75 Å². The van der Waals surface area contributed by atoms with Crippen molar-refractivity contribution in [3.63, 3.8) is 0 Å². The van der Waals surface area contributed by atoms with Gasteiger partial charge in [-0.05, 0) is 73.1 Å². The van der Waals surface area contributed by atoms with Gasteiger partial charge in [0, 0.05) is 18.7 Å². The minimum Gasteiger partial charge on any atom is -0.497 e. The molecule has 1 heterocycles. The second kappa shape index (κ2) is 12.7. The molecule has 4 rings (SSSR count). The number of amides is 2. The number of fused-ring (bicyclic) bond motifs is 1. The third kappa shape index (κ3) is 6.05. The Morgan fingerprint density at radius 2 is 1.68 bits per heavy atom. The second-order valence-corrected chi connectivity index (χ2v) is 9.51. The monoisotopic (exact) mass is 517 g/mol. The number of ether oxygens (including phenoxy) is 1. The molecule has 7 heteroatoms. The molecule has 0 saturated carbocycles. The minimum absolute atomic E-state index is 0.116. The number of rotatable bonds is 11. The molecule has 2 amide bonds. The summed E-state index contributed by atoms with van der Waals surface area (Å²) in [5, 5.41) is 3.15. The summed E-state index contributed by atoms with van der Waals surface area (Å²) >= 11 is 0. The zero-order valence-corrected chi connectivity index (χ0v) is 22.3. The largest absolute Gasteiger partial charge is 0.497 e. The summed E-state index contributed by atoms with van der Waals surface area (Å²) in [4.78, 5) is 31.8. The number of nitrogens with one attached hydrogen (secondary N) is 1. The average Bonchev–Trinajstić information content (AvgIpc) is 2.95. The second-order valence-electron chi connectivity index (χ2n) is 9.51. The van der Waals surface area contributed by atoms with Crippen LogP contribution in [0.2, 0.25) is 0 Å². The lowest BCUT2D eigenvalue weighted by Gasteiger charge is -2.42. The third-order valence-corrected chi connectivity index (χ3v) is 7.29. The zero-order valence-electron chi connectivity index (χ0n) is 22.3. The van der Waals surface area contributed by atoms with Gasteiger partial charge in [-0.2, -0.15) is 0 Å². The van der Waals surface area contributed by atoms with Gasteiger partial charge < -0.3 is 19.9 Å². The Bertz CT molecular complexity index is 1230. The third-order valence-electron chi connectivity index (χ3n) is 7.29. The van der Waals surface area contributed by atoms with Gasteiger partial charge in [0.15, 0.2) is 0 Å². The van der Waals surface area contributed by atoms with Crippen LogP contribution in [-0.4, -0.2) is 54.9 Å². The standard InChI is InChI=1S/C31H36FN3O3/c1-4-34(5-2)20-8-19-33-30(36)28-26-9-6-7-10-27(26)31(37)35(21-22-11-15-24(32)16-12-22)29(28)23-13-17-25(38-3)18-14-23/h6-7,9-18,28-29H,4-5,8,19-21H2,1-3H3,(H,33,36). The van der Waals surface area contributed by atoms with E-state index in [0.717, 1.165) is 42.7 Å². The first-order chi connectivity index (χ1) is 18.5. The molecular weight excluding hydrogens is 481 g/mol. The van der Waals surface area contributed by atoms with Crippen LogP contribution in [0.25, 0.3) is 0 Å². The molecule has 3 aromatic rings. The zero-order chi connectivity index (χ0) is 27.1. The number of hydrogen-bond acceptors (Lipinski definition) is 4. The number of carbonyl (C=O) groups is 2. The fourth-order valence-electron chi connectivity index (χ4n) is 5.17. The van der Waals surface area contributed by atoms with E-state index >= 15 is 0 Å². The molecule has 1 aliphatic heterocycles. The van der Waals surface area contributed by atoms with Gasteiger partial charge in [-0.1, -0.05) is 56.3 Å². The van der Waals surface area contributed by atoms with E-state index in [2.05, 4.69) is 24.1 Å². The minimum atomic E-state index is -0.605. The summed E-state index contributed by atoms with van der Waals surface area (Å²) in [6.07, 6.45) is 0.840. The number of halogens is 1. The van der Waals surface area contributed by atoms with Crippen LogP contribution in [0.1, 0.15) is 59.3 Å². The molecule has 2 atom stereocenters. The van der Waals surface area contributed by atoms with Crippen LogP contribution in [0.5, 0.6) is 5.75 Å². The molecule has 1 N–H and O–H groups in total. The first-order valence-corrected chi connectivity index (χ1v) is 13.2. The molecule has 0 aliphatic carbocycles. The summed E-state index contributed by atoms with van der Waals surface area (Å²) in [5.74, 6) is -0.520. The van der Waals surface area contributed by atoms with Gasteiger partial charge in [-0.3, -0.25) is 9.59 Å². The van der Waals surface area contributed by atoms with Crippen LogP contribution in [0.4, 0.5) is 4.39 Å². The van der Waals surface area contributed by atoms with E-state index in [1.165, 1.54) is 12.1 Å². The van der Waals surface area contributed by atoms with Crippen LogP contribution in [-0.2, 0) is 11.3 Å². The molecule has 0 aromatic heterocycles. The van der Waals surface area contributed by atoms with Gasteiger partial charge in [0.05, 0.1) is 19.1 Å². The van der Waals surface area contributed by atoms with E-state index in [1.807, 2.05) is 42.5 Å². The van der Waals surface area contributed by atoms with Gasteiger partial charge in [-0.25, -0.2) is 4.39 Å². The molecule has 0 bridgehead atoms. The van der Waals surface area contributed by atoms with Crippen molar-refractivity contribution in [2.24, 2.45) is 0 Å². The fraction of sp³-hybridized carbons (Fsp3) is 0.355. The lowest BCUT2D eigenvalue weighted by atomic mass is 9.79. The van der Waals surface area contributed by atoms with E-state index in [1.54, 1.807) is 30.2 Å². The van der Waals surface area contributed by atoms with Crippen molar-refractivity contribution in [1.82, 2.24) is 15.1 Å². The van der Waals surface area contributed by atoms with E-state index in [0.29, 0.717) is 17.9 Å². The molecule has 0 fully saturated rings. The van der Waals surface area contributed by atoms with Crippen molar-refractivity contribution < 1.29 is 18.7 Å². The van der Waals surface area contributed by atoms with Gasteiger partial charge in [0.2, 0.25) is 5.91 Å². The molecule has 1 aliphatic rings. The number of carbonyl (C=O) groups excluding carboxylic acids is 2. The van der Waals surface area contributed by atoms with Gasteiger partial charge in [-0.15, -0.1) is 0 Å². The van der Waals surface area contributed by atoms with E-state index in [9.17, 15) is 14.0 Å². The van der Waals surface area contributed by atoms with Crippen molar-refractivity contribution >= 4 is 11.8 Å². The highest BCUT2D eigenvalue weighted by Crippen LogP contribution is 2.44.